The fourth-order valence-corrected chi connectivity index (χ4v) is 4.89. The van der Waals surface area contributed by atoms with Gasteiger partial charge in [-0.15, -0.1) is 0 Å². The number of hydrogen-bond donors (Lipinski definition) is 1. The number of esters is 1. The van der Waals surface area contributed by atoms with Crippen LogP contribution in [0.3, 0.4) is 0 Å². The molecule has 6 nitrogen and oxygen atoms in total. The molecule has 166 valence electrons. The highest BCUT2D eigenvalue weighted by molar-refractivity contribution is 9.11. The highest BCUT2D eigenvalue weighted by Crippen LogP contribution is 2.36. The zero-order chi connectivity index (χ0) is 23.7. The van der Waals surface area contributed by atoms with Gasteiger partial charge in [0.15, 0.2) is 5.75 Å². The van der Waals surface area contributed by atoms with Crippen LogP contribution in [0.2, 0.25) is 10.0 Å². The fraction of sp³-hybridized carbons (Fsp3) is 0. The van der Waals surface area contributed by atoms with E-state index < -0.39 is 17.8 Å². The highest BCUT2D eigenvalue weighted by Gasteiger charge is 2.34. The van der Waals surface area contributed by atoms with Crippen molar-refractivity contribution in [2.75, 3.05) is 5.01 Å². The van der Waals surface area contributed by atoms with Crippen molar-refractivity contribution in [1.82, 2.24) is 5.43 Å². The monoisotopic (exact) mass is 608 g/mol. The van der Waals surface area contributed by atoms with Gasteiger partial charge in [0.1, 0.15) is 5.57 Å². The number of carbonyl (C=O) groups excluding carboxylic acids is 3. The maximum Gasteiger partial charge on any atom is 0.345 e. The average Bonchev–Trinajstić information content (AvgIpc) is 3.05. The summed E-state index contributed by atoms with van der Waals surface area (Å²) in [7, 11) is 0. The number of hydrazine groups is 1. The van der Waals surface area contributed by atoms with E-state index >= 15 is 0 Å². The molecule has 0 aliphatic carbocycles. The van der Waals surface area contributed by atoms with E-state index in [9.17, 15) is 14.4 Å². The molecule has 1 N–H and O–H groups in total. The maximum atomic E-state index is 12.9. The first-order valence-corrected chi connectivity index (χ1v) is 11.7. The molecule has 0 spiro atoms. The van der Waals surface area contributed by atoms with E-state index in [4.69, 9.17) is 27.9 Å². The number of nitrogens with one attached hydrogen (secondary N) is 1. The van der Waals surface area contributed by atoms with Crippen molar-refractivity contribution in [1.29, 1.82) is 0 Å². The van der Waals surface area contributed by atoms with Gasteiger partial charge in [-0.25, -0.2) is 9.80 Å². The Morgan fingerprint density at radius 2 is 1.73 bits per heavy atom. The number of hydrogen-bond acceptors (Lipinski definition) is 4. The number of carbonyl (C=O) groups is 3. The van der Waals surface area contributed by atoms with Gasteiger partial charge in [0.25, 0.3) is 11.8 Å². The molecule has 0 saturated carbocycles. The summed E-state index contributed by atoms with van der Waals surface area (Å²) in [6.07, 6.45) is 1.36. The minimum absolute atomic E-state index is 0.111. The molecule has 0 radical (unpaired) electrons. The number of nitrogens with zero attached hydrogens (tertiary/aromatic N) is 1. The predicted octanol–water partition coefficient (Wildman–Crippen LogP) is 6.20. The molecule has 0 aromatic heterocycles. The van der Waals surface area contributed by atoms with E-state index in [1.807, 2.05) is 0 Å². The van der Waals surface area contributed by atoms with Crippen LogP contribution in [0.15, 0.2) is 75.2 Å². The summed E-state index contributed by atoms with van der Waals surface area (Å²) >= 11 is 18.8. The van der Waals surface area contributed by atoms with Crippen molar-refractivity contribution in [3.8, 4) is 5.75 Å². The normalized spacial score (nSPS) is 14.5. The number of amides is 2. The highest BCUT2D eigenvalue weighted by atomic mass is 79.9. The van der Waals surface area contributed by atoms with E-state index in [2.05, 4.69) is 37.3 Å². The number of benzene rings is 3. The molecule has 4 rings (SSSR count). The van der Waals surface area contributed by atoms with Crippen molar-refractivity contribution < 1.29 is 19.1 Å². The van der Waals surface area contributed by atoms with Gasteiger partial charge in [-0.05, 0) is 64.5 Å². The molecular formula is C23H12Br2Cl2N2O4. The van der Waals surface area contributed by atoms with Crippen LogP contribution in [0, 0.1) is 0 Å². The lowest BCUT2D eigenvalue weighted by Gasteiger charge is -2.14. The molecule has 3 aromatic carbocycles. The Morgan fingerprint density at radius 3 is 2.42 bits per heavy atom. The van der Waals surface area contributed by atoms with E-state index in [1.165, 1.54) is 24.3 Å². The zero-order valence-electron chi connectivity index (χ0n) is 16.4. The maximum absolute atomic E-state index is 12.9. The number of anilines is 1. The van der Waals surface area contributed by atoms with Crippen LogP contribution in [0.5, 0.6) is 5.75 Å². The van der Waals surface area contributed by atoms with Gasteiger partial charge >= 0.3 is 5.97 Å². The number of halogens is 4. The van der Waals surface area contributed by atoms with Crippen LogP contribution < -0.4 is 15.2 Å². The lowest BCUT2D eigenvalue weighted by Crippen LogP contribution is -2.35. The van der Waals surface area contributed by atoms with E-state index in [-0.39, 0.29) is 21.9 Å². The minimum Gasteiger partial charge on any atom is -0.421 e. The lowest BCUT2D eigenvalue weighted by atomic mass is 10.1. The summed E-state index contributed by atoms with van der Waals surface area (Å²) in [5.74, 6) is -1.74. The Morgan fingerprint density at radius 1 is 1.00 bits per heavy atom. The summed E-state index contributed by atoms with van der Waals surface area (Å²) in [6, 6.07) is 16.4. The fourth-order valence-electron chi connectivity index (χ4n) is 3.07. The molecule has 0 atom stereocenters. The first kappa shape index (κ1) is 23.5. The van der Waals surface area contributed by atoms with Gasteiger partial charge < -0.3 is 4.74 Å². The van der Waals surface area contributed by atoms with E-state index in [0.29, 0.717) is 25.2 Å². The van der Waals surface area contributed by atoms with Crippen LogP contribution in [0.25, 0.3) is 6.08 Å². The van der Waals surface area contributed by atoms with Gasteiger partial charge in [0, 0.05) is 15.1 Å². The first-order chi connectivity index (χ1) is 15.7. The molecule has 10 heteroatoms. The Kier molecular flexibility index (Phi) is 6.90. The van der Waals surface area contributed by atoms with Crippen LogP contribution in [0.1, 0.15) is 15.9 Å². The first-order valence-electron chi connectivity index (χ1n) is 9.33. The van der Waals surface area contributed by atoms with Crippen LogP contribution >= 0.6 is 55.1 Å². The molecule has 2 amide bonds. The van der Waals surface area contributed by atoms with Crippen LogP contribution in [-0.4, -0.2) is 17.8 Å². The SMILES string of the molecule is O=C1NN(c2ccccc2)C(=O)/C1=C/c1cc(Br)cc(Br)c1OC(=O)c1ccc(Cl)cc1Cl. The third-order valence-corrected chi connectivity index (χ3v) is 6.18. The van der Waals surface area contributed by atoms with E-state index in [1.54, 1.807) is 42.5 Å². The molecule has 1 aliphatic heterocycles. The van der Waals surface area contributed by atoms with Crippen molar-refractivity contribution in [3.63, 3.8) is 0 Å². The molecule has 0 unspecified atom stereocenters. The topological polar surface area (TPSA) is 75.7 Å². The molecule has 1 fully saturated rings. The second-order valence-electron chi connectivity index (χ2n) is 6.79. The summed E-state index contributed by atoms with van der Waals surface area (Å²) in [6.45, 7) is 0. The zero-order valence-corrected chi connectivity index (χ0v) is 21.1. The van der Waals surface area contributed by atoms with Crippen molar-refractivity contribution in [2.24, 2.45) is 0 Å². The standard InChI is InChI=1S/C23H12Br2Cl2N2O4/c24-13-8-12(9-17-21(30)28-29(22(17)31)15-4-2-1-3-5-15)20(18(25)10-13)33-23(32)16-7-6-14(26)11-19(16)27/h1-11H,(H,28,30)/b17-9+. The van der Waals surface area contributed by atoms with Gasteiger partial charge in [-0.3, -0.25) is 15.0 Å². The van der Waals surface area contributed by atoms with Gasteiger partial charge in [-0.2, -0.15) is 0 Å². The second-order valence-corrected chi connectivity index (χ2v) is 9.41. The Hall–Kier alpha value is -2.65. The van der Waals surface area contributed by atoms with Crippen LogP contribution in [0.4, 0.5) is 5.69 Å². The third-order valence-electron chi connectivity index (χ3n) is 4.59. The number of rotatable bonds is 4. The summed E-state index contributed by atoms with van der Waals surface area (Å²) in [5.41, 5.74) is 3.36. The quantitative estimate of drug-likeness (QED) is 0.165. The molecule has 1 heterocycles. The molecule has 0 bridgehead atoms. The molecule has 1 saturated heterocycles. The molecular weight excluding hydrogens is 599 g/mol. The predicted molar refractivity (Wildman–Crippen MR) is 133 cm³/mol. The third kappa shape index (κ3) is 4.99. The lowest BCUT2D eigenvalue weighted by molar-refractivity contribution is -0.117. The van der Waals surface area contributed by atoms with Gasteiger partial charge in [0.05, 0.1) is 20.7 Å². The molecule has 3 aromatic rings. The van der Waals surface area contributed by atoms with Crippen molar-refractivity contribution in [2.45, 2.75) is 0 Å². The second kappa shape index (κ2) is 9.69. The minimum atomic E-state index is -0.729. The molecule has 33 heavy (non-hydrogen) atoms. The largest absolute Gasteiger partial charge is 0.421 e. The Balaban J connectivity index is 1.71. The van der Waals surface area contributed by atoms with Gasteiger partial charge in [0.2, 0.25) is 0 Å². The van der Waals surface area contributed by atoms with E-state index in [0.717, 1.165) is 5.01 Å². The van der Waals surface area contributed by atoms with Gasteiger partial charge in [-0.1, -0.05) is 57.3 Å². The number of para-hydroxylation sites is 1. The average molecular weight is 611 g/mol. The van der Waals surface area contributed by atoms with Crippen molar-refractivity contribution in [3.05, 3.63) is 96.4 Å². The summed E-state index contributed by atoms with van der Waals surface area (Å²) < 4.78 is 6.65. The Bertz CT molecular complexity index is 1330. The summed E-state index contributed by atoms with van der Waals surface area (Å²) in [4.78, 5) is 38.3. The Labute approximate surface area is 215 Å². The number of ether oxygens (including phenoxy) is 1. The molecule has 1 aliphatic rings. The smallest absolute Gasteiger partial charge is 0.345 e. The van der Waals surface area contributed by atoms with Crippen molar-refractivity contribution >= 4 is 84.6 Å². The van der Waals surface area contributed by atoms with Crippen LogP contribution in [-0.2, 0) is 9.59 Å². The summed E-state index contributed by atoms with van der Waals surface area (Å²) in [5, 5.41) is 1.66.